The molecule has 2 aromatic rings. The van der Waals surface area contributed by atoms with Crippen LogP contribution in [-0.4, -0.2) is 70.4 Å². The van der Waals surface area contributed by atoms with Crippen molar-refractivity contribution in [3.8, 4) is 17.2 Å². The van der Waals surface area contributed by atoms with Crippen molar-refractivity contribution in [2.45, 2.75) is 6.04 Å². The number of morpholine rings is 1. The van der Waals surface area contributed by atoms with E-state index in [1.54, 1.807) is 7.11 Å². The predicted molar refractivity (Wildman–Crippen MR) is 123 cm³/mol. The number of nitrogens with zero attached hydrogens (tertiary/aromatic N) is 1. The van der Waals surface area contributed by atoms with Gasteiger partial charge in [0, 0.05) is 25.2 Å². The van der Waals surface area contributed by atoms with Crippen molar-refractivity contribution >= 4 is 23.4 Å². The van der Waals surface area contributed by atoms with Crippen molar-refractivity contribution < 1.29 is 28.5 Å². The summed E-state index contributed by atoms with van der Waals surface area (Å²) in [5, 5.41) is 3.13. The summed E-state index contributed by atoms with van der Waals surface area (Å²) in [6.45, 7) is 2.83. The Morgan fingerprint density at radius 2 is 1.85 bits per heavy atom. The van der Waals surface area contributed by atoms with E-state index in [1.165, 1.54) is 19.2 Å². The topological polar surface area (TPSA) is 112 Å². The number of nitrogens with two attached hydrogens (primary N) is 1. The first-order valence-corrected chi connectivity index (χ1v) is 10.8. The predicted octanol–water partition coefficient (Wildman–Crippen LogP) is 2.02. The van der Waals surface area contributed by atoms with Crippen molar-refractivity contribution in [1.82, 2.24) is 10.2 Å². The molecule has 0 saturated carbocycles. The highest BCUT2D eigenvalue weighted by Crippen LogP contribution is 2.36. The minimum Gasteiger partial charge on any atom is -0.497 e. The maximum atomic E-state index is 13.0. The fourth-order valence-electron chi connectivity index (χ4n) is 3.60. The molecule has 9 nitrogen and oxygen atoms in total. The molecular weight excluding hydrogens is 450 g/mol. The largest absolute Gasteiger partial charge is 0.497 e. The van der Waals surface area contributed by atoms with E-state index in [0.717, 1.165) is 24.4 Å². The number of benzene rings is 2. The van der Waals surface area contributed by atoms with Crippen LogP contribution >= 0.6 is 11.6 Å². The van der Waals surface area contributed by atoms with Gasteiger partial charge in [0.05, 0.1) is 38.5 Å². The smallest absolute Gasteiger partial charge is 0.255 e. The minimum absolute atomic E-state index is 0.0423. The van der Waals surface area contributed by atoms with E-state index >= 15 is 0 Å². The van der Waals surface area contributed by atoms with Crippen molar-refractivity contribution in [3.63, 3.8) is 0 Å². The molecule has 10 heteroatoms. The first-order chi connectivity index (χ1) is 15.9. The van der Waals surface area contributed by atoms with E-state index in [2.05, 4.69) is 10.2 Å². The maximum Gasteiger partial charge on any atom is 0.255 e. The quantitative estimate of drug-likeness (QED) is 0.538. The molecule has 1 aliphatic rings. The van der Waals surface area contributed by atoms with Gasteiger partial charge in [-0.2, -0.15) is 0 Å². The normalized spacial score (nSPS) is 14.9. The van der Waals surface area contributed by atoms with Crippen LogP contribution in [0.1, 0.15) is 22.0 Å². The number of hydrogen-bond acceptors (Lipinski definition) is 7. The maximum absolute atomic E-state index is 13.0. The molecule has 1 fully saturated rings. The molecule has 0 bridgehead atoms. The number of hydrogen-bond donors (Lipinski definition) is 2. The Balaban J connectivity index is 1.76. The lowest BCUT2D eigenvalue weighted by atomic mass is 10.0. The van der Waals surface area contributed by atoms with Crippen LogP contribution in [0.15, 0.2) is 36.4 Å². The van der Waals surface area contributed by atoms with Gasteiger partial charge in [0.15, 0.2) is 18.1 Å². The fraction of sp³-hybridized carbons (Fsp3) is 0.391. The SMILES string of the molecule is COc1ccc([C@@H](CNC(=O)c2cc(Cl)c(OCC(N)=O)c(OC)c2)N2CCOCC2)cc1. The third-order valence-corrected chi connectivity index (χ3v) is 5.57. The first kappa shape index (κ1) is 24.6. The van der Waals surface area contributed by atoms with Crippen molar-refractivity contribution in [2.75, 3.05) is 53.7 Å². The lowest BCUT2D eigenvalue weighted by molar-refractivity contribution is -0.119. The molecule has 3 N–H and O–H groups in total. The van der Waals surface area contributed by atoms with Crippen molar-refractivity contribution in [3.05, 3.63) is 52.5 Å². The van der Waals surface area contributed by atoms with Crippen molar-refractivity contribution in [2.24, 2.45) is 5.73 Å². The molecule has 0 aromatic heterocycles. The van der Waals surface area contributed by atoms with E-state index < -0.39 is 5.91 Å². The Hall–Kier alpha value is -3.01. The standard InChI is InChI=1S/C23H28ClN3O6/c1-30-17-5-3-15(4-6-17)19(27-7-9-32-10-8-27)13-26-23(29)16-11-18(24)22(20(12-16)31-2)33-14-21(25)28/h3-6,11-12,19H,7-10,13-14H2,1-2H3,(H2,25,28)(H,26,29)/t19-/m1/s1. The van der Waals surface area contributed by atoms with Crippen LogP contribution in [0.3, 0.4) is 0 Å². The molecule has 0 unspecified atom stereocenters. The van der Waals surface area contributed by atoms with E-state index in [0.29, 0.717) is 25.3 Å². The number of primary amides is 1. The molecule has 3 rings (SSSR count). The van der Waals surface area contributed by atoms with Gasteiger partial charge in [0.2, 0.25) is 0 Å². The number of amides is 2. The second-order valence-electron chi connectivity index (χ2n) is 7.39. The summed E-state index contributed by atoms with van der Waals surface area (Å²) in [4.78, 5) is 26.3. The molecule has 33 heavy (non-hydrogen) atoms. The molecular formula is C23H28ClN3O6. The Bertz CT molecular complexity index is 963. The average molecular weight is 478 g/mol. The van der Waals surface area contributed by atoms with E-state index in [1.807, 2.05) is 24.3 Å². The van der Waals surface area contributed by atoms with Gasteiger partial charge in [0.1, 0.15) is 5.75 Å². The Morgan fingerprint density at radius 1 is 1.15 bits per heavy atom. The summed E-state index contributed by atoms with van der Waals surface area (Å²) in [6, 6.07) is 10.7. The summed E-state index contributed by atoms with van der Waals surface area (Å²) < 4.78 is 21.3. The summed E-state index contributed by atoms with van der Waals surface area (Å²) in [5.74, 6) is 0.183. The first-order valence-electron chi connectivity index (χ1n) is 10.5. The van der Waals surface area contributed by atoms with E-state index in [9.17, 15) is 9.59 Å². The number of rotatable bonds is 10. The van der Waals surface area contributed by atoms with Crippen LogP contribution in [0.5, 0.6) is 17.2 Å². The molecule has 1 saturated heterocycles. The third-order valence-electron chi connectivity index (χ3n) is 5.29. The molecule has 178 valence electrons. The van der Waals surface area contributed by atoms with Gasteiger partial charge in [-0.3, -0.25) is 14.5 Å². The number of ether oxygens (including phenoxy) is 4. The van der Waals surface area contributed by atoms with Gasteiger partial charge in [-0.25, -0.2) is 0 Å². The number of nitrogens with one attached hydrogen (secondary N) is 1. The number of carbonyl (C=O) groups is 2. The second kappa shape index (κ2) is 11.7. The van der Waals surface area contributed by atoms with Crippen LogP contribution < -0.4 is 25.3 Å². The fourth-order valence-corrected chi connectivity index (χ4v) is 3.86. The molecule has 2 aromatic carbocycles. The highest BCUT2D eigenvalue weighted by atomic mass is 35.5. The number of carbonyl (C=O) groups excluding carboxylic acids is 2. The summed E-state index contributed by atoms with van der Waals surface area (Å²) in [7, 11) is 3.04. The lowest BCUT2D eigenvalue weighted by Gasteiger charge is -2.35. The minimum atomic E-state index is -0.650. The molecule has 0 radical (unpaired) electrons. The van der Waals surface area contributed by atoms with Crippen LogP contribution in [-0.2, 0) is 9.53 Å². The van der Waals surface area contributed by atoms with Crippen LogP contribution in [0.2, 0.25) is 5.02 Å². The summed E-state index contributed by atoms with van der Waals surface area (Å²) in [6.07, 6.45) is 0. The Kier molecular flexibility index (Phi) is 8.76. The molecule has 0 spiro atoms. The van der Waals surface area contributed by atoms with Gasteiger partial charge in [-0.05, 0) is 29.8 Å². The monoisotopic (exact) mass is 477 g/mol. The summed E-state index contributed by atoms with van der Waals surface area (Å²) >= 11 is 6.28. The second-order valence-corrected chi connectivity index (χ2v) is 7.80. The van der Waals surface area contributed by atoms with Crippen molar-refractivity contribution in [1.29, 1.82) is 0 Å². The zero-order valence-corrected chi connectivity index (χ0v) is 19.4. The lowest BCUT2D eigenvalue weighted by Crippen LogP contribution is -2.43. The zero-order chi connectivity index (χ0) is 23.8. The van der Waals surface area contributed by atoms with Gasteiger partial charge in [0.25, 0.3) is 11.8 Å². The molecule has 1 heterocycles. The average Bonchev–Trinajstić information content (AvgIpc) is 2.83. The third kappa shape index (κ3) is 6.50. The molecule has 2 amide bonds. The van der Waals surface area contributed by atoms with E-state index in [-0.39, 0.29) is 35.1 Å². The van der Waals surface area contributed by atoms with Gasteiger partial charge < -0.3 is 30.0 Å². The van der Waals surface area contributed by atoms with Gasteiger partial charge in [-0.1, -0.05) is 23.7 Å². The molecule has 1 aliphatic heterocycles. The summed E-state index contributed by atoms with van der Waals surface area (Å²) in [5.41, 5.74) is 6.49. The van der Waals surface area contributed by atoms with E-state index in [4.69, 9.17) is 36.3 Å². The Labute approximate surface area is 197 Å². The molecule has 1 atom stereocenters. The van der Waals surface area contributed by atoms with Gasteiger partial charge >= 0.3 is 0 Å². The number of methoxy groups -OCH3 is 2. The van der Waals surface area contributed by atoms with Crippen LogP contribution in [0, 0.1) is 0 Å². The molecule has 0 aliphatic carbocycles. The highest BCUT2D eigenvalue weighted by Gasteiger charge is 2.24. The Morgan fingerprint density at radius 3 is 2.45 bits per heavy atom. The van der Waals surface area contributed by atoms with Gasteiger partial charge in [-0.15, -0.1) is 0 Å². The van der Waals surface area contributed by atoms with Crippen LogP contribution in [0.4, 0.5) is 0 Å². The zero-order valence-electron chi connectivity index (χ0n) is 18.6. The highest BCUT2D eigenvalue weighted by molar-refractivity contribution is 6.32. The number of halogens is 1. The van der Waals surface area contributed by atoms with Crippen LogP contribution in [0.25, 0.3) is 0 Å².